The highest BCUT2D eigenvalue weighted by molar-refractivity contribution is 7.16. The number of halogens is 9. The summed E-state index contributed by atoms with van der Waals surface area (Å²) in [4.78, 5) is 29.7. The molecule has 0 radical (unpaired) electrons. The first-order valence-electron chi connectivity index (χ1n) is 10.9. The minimum atomic E-state index is -5.02. The highest BCUT2D eigenvalue weighted by atomic mass is 35.5. The fourth-order valence-corrected chi connectivity index (χ4v) is 5.98. The SMILES string of the molecule is O=C(CNC(=O)c1sc(C2=NO[C@@](c3cc(Cl)c(F)c(Cl)c3)(C(F)(F)F)C2)c2c1CCC2)NCC(F)(F)F. The number of rotatable bonds is 6. The van der Waals surface area contributed by atoms with Gasteiger partial charge in [-0.05, 0) is 42.5 Å². The molecular formula is C22H16Cl2F7N3O3S. The number of amides is 2. The number of nitrogens with zero attached hydrogens (tertiary/aromatic N) is 1. The maximum atomic E-state index is 14.3. The number of hydrogen-bond donors (Lipinski definition) is 2. The molecule has 4 rings (SSSR count). The van der Waals surface area contributed by atoms with E-state index in [1.165, 1.54) is 0 Å². The molecule has 0 saturated heterocycles. The van der Waals surface area contributed by atoms with Gasteiger partial charge in [-0.1, -0.05) is 28.4 Å². The number of alkyl halides is 6. The van der Waals surface area contributed by atoms with Crippen molar-refractivity contribution in [1.29, 1.82) is 0 Å². The monoisotopic (exact) mass is 605 g/mol. The summed E-state index contributed by atoms with van der Waals surface area (Å²) in [5.41, 5.74) is -2.53. The summed E-state index contributed by atoms with van der Waals surface area (Å²) in [5.74, 6) is -2.92. The van der Waals surface area contributed by atoms with Gasteiger partial charge >= 0.3 is 12.4 Å². The van der Waals surface area contributed by atoms with Gasteiger partial charge in [0.15, 0.2) is 5.82 Å². The zero-order chi connectivity index (χ0) is 28.0. The van der Waals surface area contributed by atoms with Crippen LogP contribution in [0.15, 0.2) is 17.3 Å². The van der Waals surface area contributed by atoms with Crippen molar-refractivity contribution in [2.45, 2.75) is 43.6 Å². The van der Waals surface area contributed by atoms with Gasteiger partial charge in [0.05, 0.1) is 32.8 Å². The van der Waals surface area contributed by atoms with E-state index >= 15 is 0 Å². The van der Waals surface area contributed by atoms with E-state index in [-0.39, 0.29) is 15.5 Å². The molecule has 0 bridgehead atoms. The van der Waals surface area contributed by atoms with E-state index in [2.05, 4.69) is 10.5 Å². The van der Waals surface area contributed by atoms with Crippen LogP contribution in [-0.4, -0.2) is 43.0 Å². The van der Waals surface area contributed by atoms with E-state index in [9.17, 15) is 40.3 Å². The lowest BCUT2D eigenvalue weighted by molar-refractivity contribution is -0.275. The summed E-state index contributed by atoms with van der Waals surface area (Å²) in [7, 11) is 0. The third-order valence-corrected chi connectivity index (χ3v) is 7.84. The fraction of sp³-hybridized carbons (Fsp3) is 0.409. The van der Waals surface area contributed by atoms with Crippen LogP contribution in [0.3, 0.4) is 0 Å². The van der Waals surface area contributed by atoms with Gasteiger partial charge in [-0.15, -0.1) is 11.3 Å². The standard InChI is InChI=1S/C22H16Cl2F7N3O3S/c23-12-4-9(5-13(24)16(12)25)20(22(29,30)31)6-14(34-37-20)17-10-2-1-3-11(10)18(38-17)19(36)32-7-15(35)33-8-21(26,27)28/h4-5H,1-3,6-8H2,(H,32,36)(H,33,35)/t20-/m0/s1. The van der Waals surface area contributed by atoms with Crippen LogP contribution in [0.5, 0.6) is 0 Å². The van der Waals surface area contributed by atoms with Crippen molar-refractivity contribution in [2.75, 3.05) is 13.1 Å². The maximum Gasteiger partial charge on any atom is 0.435 e. The molecule has 2 N–H and O–H groups in total. The van der Waals surface area contributed by atoms with E-state index in [1.807, 2.05) is 0 Å². The number of carbonyl (C=O) groups excluding carboxylic acids is 2. The van der Waals surface area contributed by atoms with Gasteiger partial charge in [0, 0.05) is 5.56 Å². The van der Waals surface area contributed by atoms with Gasteiger partial charge < -0.3 is 15.5 Å². The van der Waals surface area contributed by atoms with Gasteiger partial charge in [0.2, 0.25) is 5.91 Å². The molecule has 2 aromatic rings. The highest BCUT2D eigenvalue weighted by Gasteiger charge is 2.63. The Labute approximate surface area is 224 Å². The molecule has 1 aliphatic heterocycles. The summed E-state index contributed by atoms with van der Waals surface area (Å²) >= 11 is 12.3. The Morgan fingerprint density at radius 1 is 1.05 bits per heavy atom. The van der Waals surface area contributed by atoms with Gasteiger partial charge in [0.1, 0.15) is 12.3 Å². The second kappa shape index (κ2) is 10.2. The summed E-state index contributed by atoms with van der Waals surface area (Å²) in [5, 5.41) is 6.26. The molecule has 0 fully saturated rings. The van der Waals surface area contributed by atoms with Crippen LogP contribution in [0.1, 0.15) is 44.1 Å². The predicted molar refractivity (Wildman–Crippen MR) is 124 cm³/mol. The van der Waals surface area contributed by atoms with Crippen LogP contribution < -0.4 is 10.6 Å². The first kappa shape index (κ1) is 28.4. The zero-order valence-corrected chi connectivity index (χ0v) is 21.2. The van der Waals surface area contributed by atoms with E-state index in [0.717, 1.165) is 23.5 Å². The lowest BCUT2D eigenvalue weighted by Crippen LogP contribution is -2.42. The number of hydrogen-bond acceptors (Lipinski definition) is 5. The third kappa shape index (κ3) is 5.43. The fourth-order valence-electron chi connectivity index (χ4n) is 4.20. The Balaban J connectivity index is 1.58. The van der Waals surface area contributed by atoms with Gasteiger partial charge in [-0.25, -0.2) is 4.39 Å². The molecule has 206 valence electrons. The summed E-state index contributed by atoms with van der Waals surface area (Å²) in [6.07, 6.45) is -9.00. The first-order valence-corrected chi connectivity index (χ1v) is 12.4. The molecule has 2 amide bonds. The Bertz CT molecular complexity index is 1300. The van der Waals surface area contributed by atoms with Crippen LogP contribution >= 0.6 is 34.5 Å². The van der Waals surface area contributed by atoms with Crippen molar-refractivity contribution >= 4 is 52.1 Å². The lowest BCUT2D eigenvalue weighted by atomic mass is 9.87. The summed E-state index contributed by atoms with van der Waals surface area (Å²) < 4.78 is 93.6. The van der Waals surface area contributed by atoms with E-state index in [4.69, 9.17) is 28.0 Å². The van der Waals surface area contributed by atoms with Crippen LogP contribution in [-0.2, 0) is 28.1 Å². The average Bonchev–Trinajstić information content (AvgIpc) is 3.54. The predicted octanol–water partition coefficient (Wildman–Crippen LogP) is 5.67. The number of thiophene rings is 1. The van der Waals surface area contributed by atoms with Crippen LogP contribution in [0.4, 0.5) is 30.7 Å². The first-order chi connectivity index (χ1) is 17.6. The van der Waals surface area contributed by atoms with Crippen molar-refractivity contribution in [1.82, 2.24) is 10.6 Å². The van der Waals surface area contributed by atoms with E-state index < -0.39 is 70.7 Å². The number of nitrogens with one attached hydrogen (secondary N) is 2. The molecule has 0 spiro atoms. The molecule has 0 unspecified atom stereocenters. The number of benzene rings is 1. The molecule has 1 aromatic carbocycles. The lowest BCUT2D eigenvalue weighted by Gasteiger charge is -2.29. The Kier molecular flexibility index (Phi) is 7.62. The third-order valence-electron chi connectivity index (χ3n) is 5.97. The summed E-state index contributed by atoms with van der Waals surface area (Å²) in [6.45, 7) is -2.30. The Hall–Kier alpha value is -2.58. The normalized spacial score (nSPS) is 19.1. The average molecular weight is 606 g/mol. The number of oxime groups is 1. The topological polar surface area (TPSA) is 79.8 Å². The second-order valence-corrected chi connectivity index (χ2v) is 10.4. The molecule has 2 aliphatic rings. The van der Waals surface area contributed by atoms with Crippen molar-refractivity contribution in [3.05, 3.63) is 54.4 Å². The molecule has 0 saturated carbocycles. The van der Waals surface area contributed by atoms with Gasteiger partial charge in [-0.3, -0.25) is 9.59 Å². The smallest absolute Gasteiger partial charge is 0.374 e. The minimum Gasteiger partial charge on any atom is -0.374 e. The molecule has 2 heterocycles. The Morgan fingerprint density at radius 2 is 1.68 bits per heavy atom. The Morgan fingerprint density at radius 3 is 2.29 bits per heavy atom. The molecule has 6 nitrogen and oxygen atoms in total. The quantitative estimate of drug-likeness (QED) is 0.329. The molecule has 38 heavy (non-hydrogen) atoms. The van der Waals surface area contributed by atoms with E-state index in [0.29, 0.717) is 30.4 Å². The number of fused-ring (bicyclic) bond motifs is 1. The molecular weight excluding hydrogens is 590 g/mol. The van der Waals surface area contributed by atoms with Gasteiger partial charge in [0.25, 0.3) is 11.5 Å². The minimum absolute atomic E-state index is 0.107. The van der Waals surface area contributed by atoms with Crippen molar-refractivity contribution in [3.63, 3.8) is 0 Å². The highest BCUT2D eigenvalue weighted by Crippen LogP contribution is 2.51. The summed E-state index contributed by atoms with van der Waals surface area (Å²) in [6, 6.07) is 1.52. The van der Waals surface area contributed by atoms with Crippen molar-refractivity contribution in [2.24, 2.45) is 5.16 Å². The largest absolute Gasteiger partial charge is 0.435 e. The molecule has 16 heteroatoms. The molecule has 1 aliphatic carbocycles. The van der Waals surface area contributed by atoms with Crippen LogP contribution in [0, 0.1) is 5.82 Å². The second-order valence-electron chi connectivity index (χ2n) is 8.53. The maximum absolute atomic E-state index is 14.3. The van der Waals surface area contributed by atoms with Crippen molar-refractivity contribution in [3.8, 4) is 0 Å². The van der Waals surface area contributed by atoms with E-state index in [1.54, 1.807) is 5.32 Å². The van der Waals surface area contributed by atoms with Crippen molar-refractivity contribution < 1.29 is 45.2 Å². The van der Waals surface area contributed by atoms with Crippen LogP contribution in [0.2, 0.25) is 10.0 Å². The zero-order valence-electron chi connectivity index (χ0n) is 18.9. The molecule has 1 atom stereocenters. The number of carbonyl (C=O) groups is 2. The van der Waals surface area contributed by atoms with Crippen LogP contribution in [0.25, 0.3) is 0 Å². The van der Waals surface area contributed by atoms with Gasteiger partial charge in [-0.2, -0.15) is 26.3 Å². The molecule has 1 aromatic heterocycles.